The van der Waals surface area contributed by atoms with Gasteiger partial charge in [-0.15, -0.1) is 0 Å². The number of anilines is 2. The maximum absolute atomic E-state index is 9.41. The number of rotatable bonds is 3. The molecule has 25 heavy (non-hydrogen) atoms. The monoisotopic (exact) mass is 329 g/mol. The van der Waals surface area contributed by atoms with E-state index in [9.17, 15) is 5.26 Å². The Bertz CT molecular complexity index is 1110. The summed E-state index contributed by atoms with van der Waals surface area (Å²) in [6, 6.07) is 9.91. The van der Waals surface area contributed by atoms with Crippen LogP contribution in [0.4, 0.5) is 11.6 Å². The third-order valence-electron chi connectivity index (χ3n) is 3.92. The summed E-state index contributed by atoms with van der Waals surface area (Å²) < 4.78 is 1.71. The number of nitrogens with zero attached hydrogens (tertiary/aromatic N) is 5. The van der Waals surface area contributed by atoms with Crippen molar-refractivity contribution in [2.45, 2.75) is 6.92 Å². The molecule has 0 saturated carbocycles. The third kappa shape index (κ3) is 2.70. The summed E-state index contributed by atoms with van der Waals surface area (Å²) in [4.78, 5) is 12.1. The molecule has 7 heteroatoms. The van der Waals surface area contributed by atoms with Crippen LogP contribution in [0.25, 0.3) is 22.3 Å². The minimum absolute atomic E-state index is 0.546. The van der Waals surface area contributed by atoms with Gasteiger partial charge in [0.2, 0.25) is 0 Å². The van der Waals surface area contributed by atoms with Gasteiger partial charge in [0, 0.05) is 42.7 Å². The van der Waals surface area contributed by atoms with E-state index < -0.39 is 0 Å². The first kappa shape index (κ1) is 14.9. The van der Waals surface area contributed by atoms with Crippen molar-refractivity contribution in [3.8, 4) is 17.3 Å². The first-order valence-corrected chi connectivity index (χ1v) is 7.76. The molecule has 0 aliphatic heterocycles. The van der Waals surface area contributed by atoms with Gasteiger partial charge in [-0.3, -0.25) is 9.67 Å². The van der Waals surface area contributed by atoms with Crippen molar-refractivity contribution in [1.29, 1.82) is 5.26 Å². The highest BCUT2D eigenvalue weighted by Gasteiger charge is 2.15. The van der Waals surface area contributed by atoms with Gasteiger partial charge in [-0.2, -0.15) is 10.4 Å². The van der Waals surface area contributed by atoms with E-state index in [0.717, 1.165) is 22.2 Å². The second-order valence-corrected chi connectivity index (χ2v) is 5.81. The molecule has 122 valence electrons. The fourth-order valence-electron chi connectivity index (χ4n) is 2.79. The molecule has 7 nitrogen and oxygen atoms in total. The Morgan fingerprint density at radius 3 is 2.84 bits per heavy atom. The lowest BCUT2D eigenvalue weighted by molar-refractivity contribution is 0.771. The molecule has 0 aromatic carbocycles. The van der Waals surface area contributed by atoms with Crippen LogP contribution in [-0.4, -0.2) is 24.7 Å². The number of aromatic amines is 1. The van der Waals surface area contributed by atoms with Gasteiger partial charge in [0.15, 0.2) is 5.82 Å². The molecular weight excluding hydrogens is 314 g/mol. The van der Waals surface area contributed by atoms with Gasteiger partial charge in [0.25, 0.3) is 0 Å². The lowest BCUT2D eigenvalue weighted by atomic mass is 10.0. The highest BCUT2D eigenvalue weighted by molar-refractivity contribution is 5.98. The van der Waals surface area contributed by atoms with E-state index in [0.29, 0.717) is 22.8 Å². The quantitative estimate of drug-likeness (QED) is 0.601. The Kier molecular flexibility index (Phi) is 3.43. The number of nitrogens with one attached hydrogen (secondary N) is 2. The molecule has 0 unspecified atom stereocenters. The zero-order valence-corrected chi connectivity index (χ0v) is 13.8. The summed E-state index contributed by atoms with van der Waals surface area (Å²) in [5, 5.41) is 17.7. The highest BCUT2D eigenvalue weighted by atomic mass is 15.3. The van der Waals surface area contributed by atoms with Crippen molar-refractivity contribution in [3.05, 3.63) is 54.0 Å². The Balaban J connectivity index is 1.91. The number of nitriles is 1. The van der Waals surface area contributed by atoms with Crippen LogP contribution < -0.4 is 5.32 Å². The smallest absolute Gasteiger partial charge is 0.153 e. The highest BCUT2D eigenvalue weighted by Crippen LogP contribution is 2.32. The topological polar surface area (TPSA) is 95.2 Å². The molecule has 0 aliphatic rings. The number of hydrogen-bond acceptors (Lipinski definition) is 5. The predicted molar refractivity (Wildman–Crippen MR) is 95.3 cm³/mol. The molecule has 0 fully saturated rings. The summed E-state index contributed by atoms with van der Waals surface area (Å²) in [5.41, 5.74) is 3.93. The second kappa shape index (κ2) is 5.76. The van der Waals surface area contributed by atoms with Crippen molar-refractivity contribution in [2.24, 2.45) is 7.05 Å². The van der Waals surface area contributed by atoms with Crippen molar-refractivity contribution in [3.63, 3.8) is 0 Å². The van der Waals surface area contributed by atoms with Crippen LogP contribution in [0.2, 0.25) is 0 Å². The molecule has 0 bridgehead atoms. The fraction of sp³-hybridized carbons (Fsp3) is 0.111. The van der Waals surface area contributed by atoms with E-state index in [-0.39, 0.29) is 0 Å². The molecule has 0 saturated heterocycles. The summed E-state index contributed by atoms with van der Waals surface area (Å²) >= 11 is 0. The van der Waals surface area contributed by atoms with Gasteiger partial charge in [0.05, 0.1) is 11.3 Å². The number of pyridine rings is 2. The SMILES string of the molecule is Cc1ccnc(-c2cc(Nc3ccn(C)n3)nc3[nH]cc(C#N)c23)c1. The van der Waals surface area contributed by atoms with Crippen molar-refractivity contribution < 1.29 is 0 Å². The number of aryl methyl sites for hydroxylation is 2. The van der Waals surface area contributed by atoms with Crippen LogP contribution in [0.1, 0.15) is 11.1 Å². The summed E-state index contributed by atoms with van der Waals surface area (Å²) in [6.45, 7) is 2.01. The van der Waals surface area contributed by atoms with Crippen molar-refractivity contribution >= 4 is 22.7 Å². The lowest BCUT2D eigenvalue weighted by Crippen LogP contribution is -1.98. The Labute approximate surface area is 144 Å². The van der Waals surface area contributed by atoms with E-state index >= 15 is 0 Å². The molecule has 4 heterocycles. The molecule has 4 aromatic heterocycles. The molecule has 2 N–H and O–H groups in total. The van der Waals surface area contributed by atoms with Crippen LogP contribution in [0.3, 0.4) is 0 Å². The van der Waals surface area contributed by atoms with Crippen LogP contribution in [0.5, 0.6) is 0 Å². The second-order valence-electron chi connectivity index (χ2n) is 5.81. The van der Waals surface area contributed by atoms with Gasteiger partial charge in [-0.1, -0.05) is 0 Å². The molecule has 4 aromatic rings. The average Bonchev–Trinajstić information content (AvgIpc) is 3.20. The van der Waals surface area contributed by atoms with Crippen LogP contribution in [0, 0.1) is 18.3 Å². The minimum atomic E-state index is 0.546. The average molecular weight is 329 g/mol. The predicted octanol–water partition coefficient (Wildman–Crippen LogP) is 3.28. The third-order valence-corrected chi connectivity index (χ3v) is 3.92. The van der Waals surface area contributed by atoms with E-state index in [1.807, 2.05) is 44.4 Å². The van der Waals surface area contributed by atoms with E-state index in [2.05, 4.69) is 31.4 Å². The largest absolute Gasteiger partial charge is 0.345 e. The van der Waals surface area contributed by atoms with E-state index in [1.54, 1.807) is 17.1 Å². The molecular formula is C18H15N7. The molecule has 0 aliphatic carbocycles. The van der Waals surface area contributed by atoms with Gasteiger partial charge in [-0.05, 0) is 30.7 Å². The molecule has 0 spiro atoms. The van der Waals surface area contributed by atoms with Crippen LogP contribution in [-0.2, 0) is 7.05 Å². The fourth-order valence-corrected chi connectivity index (χ4v) is 2.79. The van der Waals surface area contributed by atoms with E-state index in [4.69, 9.17) is 0 Å². The maximum Gasteiger partial charge on any atom is 0.153 e. The molecule has 0 atom stereocenters. The zero-order chi connectivity index (χ0) is 17.4. The van der Waals surface area contributed by atoms with Gasteiger partial charge < -0.3 is 10.3 Å². The molecule has 0 radical (unpaired) electrons. The Morgan fingerprint density at radius 1 is 1.24 bits per heavy atom. The number of aromatic nitrogens is 5. The van der Waals surface area contributed by atoms with Crippen molar-refractivity contribution in [1.82, 2.24) is 24.7 Å². The molecule has 4 rings (SSSR count). The number of hydrogen-bond donors (Lipinski definition) is 2. The molecule has 0 amide bonds. The van der Waals surface area contributed by atoms with Crippen LogP contribution in [0.15, 0.2) is 42.9 Å². The van der Waals surface area contributed by atoms with Crippen molar-refractivity contribution in [2.75, 3.05) is 5.32 Å². The Morgan fingerprint density at radius 2 is 2.12 bits per heavy atom. The van der Waals surface area contributed by atoms with E-state index in [1.165, 1.54) is 0 Å². The standard InChI is InChI=1S/C18H15N7/c1-11-3-5-20-14(7-11)13-8-16(22-15-4-6-25(2)24-15)23-18-17(13)12(9-19)10-21-18/h3-8,10H,1-2H3,(H2,21,22,23,24). The Hall–Kier alpha value is -3.66. The summed E-state index contributed by atoms with van der Waals surface area (Å²) in [5.74, 6) is 1.33. The van der Waals surface area contributed by atoms with Crippen LogP contribution >= 0.6 is 0 Å². The maximum atomic E-state index is 9.41. The number of fused-ring (bicyclic) bond motifs is 1. The van der Waals surface area contributed by atoms with Gasteiger partial charge in [0.1, 0.15) is 17.5 Å². The first-order valence-electron chi connectivity index (χ1n) is 7.76. The normalized spacial score (nSPS) is 10.8. The summed E-state index contributed by atoms with van der Waals surface area (Å²) in [7, 11) is 1.86. The first-order chi connectivity index (χ1) is 12.1. The summed E-state index contributed by atoms with van der Waals surface area (Å²) in [6.07, 6.45) is 5.29. The minimum Gasteiger partial charge on any atom is -0.345 e. The van der Waals surface area contributed by atoms with Gasteiger partial charge in [-0.25, -0.2) is 4.98 Å². The lowest BCUT2D eigenvalue weighted by Gasteiger charge is -2.08. The van der Waals surface area contributed by atoms with Gasteiger partial charge >= 0.3 is 0 Å². The number of H-pyrrole nitrogens is 1. The zero-order valence-electron chi connectivity index (χ0n) is 13.8.